The van der Waals surface area contributed by atoms with Gasteiger partial charge < -0.3 is 5.32 Å². The van der Waals surface area contributed by atoms with Crippen LogP contribution in [0.3, 0.4) is 0 Å². The molecule has 0 aliphatic rings. The molecule has 3 rings (SSSR count). The van der Waals surface area contributed by atoms with Gasteiger partial charge in [0.05, 0.1) is 0 Å². The topological polar surface area (TPSA) is 12.0 Å². The Bertz CT molecular complexity index is 698. The summed E-state index contributed by atoms with van der Waals surface area (Å²) in [4.78, 5) is 0. The Labute approximate surface area is 126 Å². The van der Waals surface area contributed by atoms with E-state index in [2.05, 4.69) is 85.0 Å². The zero-order valence-corrected chi connectivity index (χ0v) is 12.4. The molecule has 1 N–H and O–H groups in total. The Morgan fingerprint density at radius 2 is 1.52 bits per heavy atom. The van der Waals surface area contributed by atoms with E-state index in [1.54, 1.807) is 0 Å². The van der Waals surface area contributed by atoms with Gasteiger partial charge in [-0.15, -0.1) is 0 Å². The van der Waals surface area contributed by atoms with Crippen LogP contribution in [0, 0.1) is 0 Å². The zero-order chi connectivity index (χ0) is 14.5. The highest BCUT2D eigenvalue weighted by molar-refractivity contribution is 5.93. The number of rotatable bonds is 5. The third kappa shape index (κ3) is 3.25. The van der Waals surface area contributed by atoms with Gasteiger partial charge in [0, 0.05) is 17.6 Å². The standard InChI is InChI=1S/C20H21N/c1-16(17-8-3-2-4-9-17)14-15-21-20-13-7-11-18-10-5-6-12-19(18)20/h2-13,16,21H,14-15H2,1H3. The second-order valence-electron chi connectivity index (χ2n) is 5.55. The van der Waals surface area contributed by atoms with Crippen LogP contribution in [-0.2, 0) is 0 Å². The Balaban J connectivity index is 1.65. The summed E-state index contributed by atoms with van der Waals surface area (Å²) in [6.07, 6.45) is 1.13. The van der Waals surface area contributed by atoms with E-state index in [9.17, 15) is 0 Å². The van der Waals surface area contributed by atoms with Gasteiger partial charge in [-0.05, 0) is 29.4 Å². The van der Waals surface area contributed by atoms with Gasteiger partial charge in [0.1, 0.15) is 0 Å². The fourth-order valence-corrected chi connectivity index (χ4v) is 2.75. The van der Waals surface area contributed by atoms with E-state index in [1.807, 2.05) is 0 Å². The minimum Gasteiger partial charge on any atom is -0.385 e. The second kappa shape index (κ2) is 6.45. The van der Waals surface area contributed by atoms with Crippen molar-refractivity contribution in [3.8, 4) is 0 Å². The molecule has 0 heterocycles. The Morgan fingerprint density at radius 3 is 2.38 bits per heavy atom. The van der Waals surface area contributed by atoms with Crippen molar-refractivity contribution in [3.63, 3.8) is 0 Å². The SMILES string of the molecule is CC(CCNc1cccc2ccccc12)c1ccccc1. The van der Waals surface area contributed by atoms with E-state index < -0.39 is 0 Å². The Morgan fingerprint density at radius 1 is 0.810 bits per heavy atom. The lowest BCUT2D eigenvalue weighted by atomic mass is 9.98. The molecule has 3 aromatic carbocycles. The van der Waals surface area contributed by atoms with E-state index in [1.165, 1.54) is 22.0 Å². The van der Waals surface area contributed by atoms with Gasteiger partial charge in [-0.3, -0.25) is 0 Å². The third-order valence-electron chi connectivity index (χ3n) is 4.05. The predicted octanol–water partition coefficient (Wildman–Crippen LogP) is 5.45. The summed E-state index contributed by atoms with van der Waals surface area (Å²) < 4.78 is 0. The average Bonchev–Trinajstić information content (AvgIpc) is 2.56. The van der Waals surface area contributed by atoms with E-state index in [-0.39, 0.29) is 0 Å². The summed E-state index contributed by atoms with van der Waals surface area (Å²) in [7, 11) is 0. The fourth-order valence-electron chi connectivity index (χ4n) is 2.75. The molecule has 0 aromatic heterocycles. The first-order valence-corrected chi connectivity index (χ1v) is 7.61. The summed E-state index contributed by atoms with van der Waals surface area (Å²) in [6, 6.07) is 25.7. The lowest BCUT2D eigenvalue weighted by molar-refractivity contribution is 0.706. The lowest BCUT2D eigenvalue weighted by Crippen LogP contribution is -2.06. The molecular weight excluding hydrogens is 254 g/mol. The molecule has 0 aliphatic carbocycles. The quantitative estimate of drug-likeness (QED) is 0.653. The zero-order valence-electron chi connectivity index (χ0n) is 12.4. The molecule has 1 nitrogen and oxygen atoms in total. The van der Waals surface area contributed by atoms with Crippen LogP contribution < -0.4 is 5.32 Å². The second-order valence-corrected chi connectivity index (χ2v) is 5.55. The largest absolute Gasteiger partial charge is 0.385 e. The Hall–Kier alpha value is -2.28. The van der Waals surface area contributed by atoms with Crippen molar-refractivity contribution in [3.05, 3.63) is 78.4 Å². The number of anilines is 1. The molecule has 0 bridgehead atoms. The van der Waals surface area contributed by atoms with Gasteiger partial charge in [-0.2, -0.15) is 0 Å². The summed E-state index contributed by atoms with van der Waals surface area (Å²) >= 11 is 0. The fraction of sp³-hybridized carbons (Fsp3) is 0.200. The lowest BCUT2D eigenvalue weighted by Gasteiger charge is -2.14. The molecule has 3 aromatic rings. The first-order valence-electron chi connectivity index (χ1n) is 7.61. The van der Waals surface area contributed by atoms with Crippen LogP contribution in [0.4, 0.5) is 5.69 Å². The van der Waals surface area contributed by atoms with E-state index in [0.717, 1.165) is 13.0 Å². The number of benzene rings is 3. The molecule has 1 unspecified atom stereocenters. The van der Waals surface area contributed by atoms with Crippen molar-refractivity contribution in [2.75, 3.05) is 11.9 Å². The third-order valence-corrected chi connectivity index (χ3v) is 4.05. The van der Waals surface area contributed by atoms with Crippen molar-refractivity contribution in [2.45, 2.75) is 19.3 Å². The van der Waals surface area contributed by atoms with Crippen molar-refractivity contribution in [1.82, 2.24) is 0 Å². The van der Waals surface area contributed by atoms with E-state index >= 15 is 0 Å². The molecule has 1 atom stereocenters. The minimum atomic E-state index is 0.577. The van der Waals surface area contributed by atoms with Crippen molar-refractivity contribution in [1.29, 1.82) is 0 Å². The molecule has 21 heavy (non-hydrogen) atoms. The molecule has 106 valence electrons. The van der Waals surface area contributed by atoms with Gasteiger partial charge in [0.15, 0.2) is 0 Å². The first kappa shape index (κ1) is 13.7. The molecule has 0 fully saturated rings. The van der Waals surface area contributed by atoms with Crippen molar-refractivity contribution < 1.29 is 0 Å². The molecule has 0 aliphatic heterocycles. The predicted molar refractivity (Wildman–Crippen MR) is 91.9 cm³/mol. The molecular formula is C20H21N. The van der Waals surface area contributed by atoms with Gasteiger partial charge in [0.25, 0.3) is 0 Å². The maximum atomic E-state index is 3.59. The normalized spacial score (nSPS) is 12.2. The molecule has 0 radical (unpaired) electrons. The summed E-state index contributed by atoms with van der Waals surface area (Å²) in [5.41, 5.74) is 2.64. The minimum absolute atomic E-state index is 0.577. The molecule has 0 saturated carbocycles. The summed E-state index contributed by atoms with van der Waals surface area (Å²) in [5.74, 6) is 0.577. The highest BCUT2D eigenvalue weighted by Gasteiger charge is 2.05. The first-order chi connectivity index (χ1) is 10.3. The van der Waals surface area contributed by atoms with Crippen LogP contribution in [0.5, 0.6) is 0 Å². The monoisotopic (exact) mass is 275 g/mol. The smallest absolute Gasteiger partial charge is 0.0419 e. The molecule has 0 saturated heterocycles. The van der Waals surface area contributed by atoms with Gasteiger partial charge >= 0.3 is 0 Å². The number of nitrogens with one attached hydrogen (secondary N) is 1. The maximum Gasteiger partial charge on any atom is 0.0419 e. The van der Waals surface area contributed by atoms with Crippen molar-refractivity contribution in [2.24, 2.45) is 0 Å². The maximum absolute atomic E-state index is 3.59. The van der Waals surface area contributed by atoms with Crippen LogP contribution in [0.25, 0.3) is 10.8 Å². The van der Waals surface area contributed by atoms with Gasteiger partial charge in [-0.25, -0.2) is 0 Å². The van der Waals surface area contributed by atoms with Crippen LogP contribution in [0.1, 0.15) is 24.8 Å². The van der Waals surface area contributed by atoms with Crippen LogP contribution in [0.15, 0.2) is 72.8 Å². The molecule has 0 spiro atoms. The highest BCUT2D eigenvalue weighted by Crippen LogP contribution is 2.24. The Kier molecular flexibility index (Phi) is 4.20. The van der Waals surface area contributed by atoms with Crippen LogP contribution in [-0.4, -0.2) is 6.54 Å². The van der Waals surface area contributed by atoms with Crippen LogP contribution >= 0.6 is 0 Å². The highest BCUT2D eigenvalue weighted by atomic mass is 14.9. The summed E-state index contributed by atoms with van der Waals surface area (Å²) in [5, 5.41) is 6.18. The number of fused-ring (bicyclic) bond motifs is 1. The van der Waals surface area contributed by atoms with E-state index in [0.29, 0.717) is 5.92 Å². The molecule has 0 amide bonds. The van der Waals surface area contributed by atoms with Crippen LogP contribution in [0.2, 0.25) is 0 Å². The van der Waals surface area contributed by atoms with Gasteiger partial charge in [0.2, 0.25) is 0 Å². The van der Waals surface area contributed by atoms with Gasteiger partial charge in [-0.1, -0.05) is 73.7 Å². The number of hydrogen-bond donors (Lipinski definition) is 1. The summed E-state index contributed by atoms with van der Waals surface area (Å²) in [6.45, 7) is 3.28. The molecule has 1 heteroatoms. The van der Waals surface area contributed by atoms with Crippen molar-refractivity contribution >= 4 is 16.5 Å². The van der Waals surface area contributed by atoms with E-state index in [4.69, 9.17) is 0 Å². The average molecular weight is 275 g/mol. The number of hydrogen-bond acceptors (Lipinski definition) is 1.